The molecule has 0 amide bonds. The molecule has 0 fully saturated rings. The first-order chi connectivity index (χ1) is 9.20. The van der Waals surface area contributed by atoms with Gasteiger partial charge < -0.3 is 11.1 Å². The van der Waals surface area contributed by atoms with Gasteiger partial charge in [-0.3, -0.25) is 0 Å². The molecule has 2 aromatic rings. The highest BCUT2D eigenvalue weighted by Crippen LogP contribution is 2.21. The molecule has 19 heavy (non-hydrogen) atoms. The highest BCUT2D eigenvalue weighted by molar-refractivity contribution is 9.10. The van der Waals surface area contributed by atoms with E-state index in [2.05, 4.69) is 27.3 Å². The number of nitriles is 1. The van der Waals surface area contributed by atoms with Crippen LogP contribution in [0.25, 0.3) is 0 Å². The molecule has 1 unspecified atom stereocenters. The number of nitrogens with zero attached hydrogens (tertiary/aromatic N) is 1. The topological polar surface area (TPSA) is 61.8 Å². The normalized spacial score (nSPS) is 11.6. The molecular weight excluding hydrogens is 302 g/mol. The summed E-state index contributed by atoms with van der Waals surface area (Å²) >= 11 is 3.35. The Labute approximate surface area is 121 Å². The standard InChI is InChI=1S/C15H14BrN3/c16-13-6-7-15(12(8-13)9-17)19-10-14(18)11-4-2-1-3-5-11/h1-8,14,19H,10,18H2. The minimum absolute atomic E-state index is 0.101. The van der Waals surface area contributed by atoms with Gasteiger partial charge in [0.15, 0.2) is 0 Å². The molecule has 96 valence electrons. The maximum absolute atomic E-state index is 9.08. The van der Waals surface area contributed by atoms with E-state index in [1.165, 1.54) is 0 Å². The van der Waals surface area contributed by atoms with Gasteiger partial charge in [0, 0.05) is 17.1 Å². The summed E-state index contributed by atoms with van der Waals surface area (Å²) in [6.45, 7) is 0.584. The molecule has 0 bridgehead atoms. The van der Waals surface area contributed by atoms with E-state index in [0.29, 0.717) is 12.1 Å². The van der Waals surface area contributed by atoms with Crippen LogP contribution in [-0.4, -0.2) is 6.54 Å². The smallest absolute Gasteiger partial charge is 0.101 e. The number of rotatable bonds is 4. The minimum Gasteiger partial charge on any atom is -0.382 e. The van der Waals surface area contributed by atoms with Gasteiger partial charge in [-0.15, -0.1) is 0 Å². The molecule has 0 aromatic heterocycles. The second-order valence-corrected chi connectivity index (χ2v) is 5.12. The summed E-state index contributed by atoms with van der Waals surface area (Å²) in [6, 6.07) is 17.5. The molecule has 0 radical (unpaired) electrons. The molecule has 3 N–H and O–H groups in total. The summed E-state index contributed by atoms with van der Waals surface area (Å²) in [5.41, 5.74) is 8.59. The van der Waals surface area contributed by atoms with Gasteiger partial charge >= 0.3 is 0 Å². The zero-order valence-corrected chi connectivity index (χ0v) is 11.9. The first-order valence-corrected chi connectivity index (χ1v) is 6.74. The van der Waals surface area contributed by atoms with E-state index >= 15 is 0 Å². The Hall–Kier alpha value is -1.83. The van der Waals surface area contributed by atoms with Gasteiger partial charge in [-0.1, -0.05) is 46.3 Å². The maximum Gasteiger partial charge on any atom is 0.101 e. The third-order valence-electron chi connectivity index (χ3n) is 2.84. The molecule has 0 heterocycles. The number of hydrogen-bond donors (Lipinski definition) is 2. The first kappa shape index (κ1) is 13.6. The Morgan fingerprint density at radius 3 is 2.63 bits per heavy atom. The maximum atomic E-state index is 9.08. The number of halogens is 1. The zero-order valence-electron chi connectivity index (χ0n) is 10.3. The van der Waals surface area contributed by atoms with Crippen LogP contribution in [0.1, 0.15) is 17.2 Å². The lowest BCUT2D eigenvalue weighted by atomic mass is 10.1. The molecule has 3 nitrogen and oxygen atoms in total. The number of nitrogens with one attached hydrogen (secondary N) is 1. The summed E-state index contributed by atoms with van der Waals surface area (Å²) in [7, 11) is 0. The molecule has 4 heteroatoms. The molecule has 0 saturated heterocycles. The third kappa shape index (κ3) is 3.57. The molecule has 0 saturated carbocycles. The van der Waals surface area contributed by atoms with Crippen LogP contribution < -0.4 is 11.1 Å². The number of nitrogens with two attached hydrogens (primary N) is 1. The molecule has 1 atom stereocenters. The van der Waals surface area contributed by atoms with Crippen molar-refractivity contribution in [1.82, 2.24) is 0 Å². The van der Waals surface area contributed by atoms with Crippen LogP contribution in [0.5, 0.6) is 0 Å². The van der Waals surface area contributed by atoms with Crippen molar-refractivity contribution < 1.29 is 0 Å². The van der Waals surface area contributed by atoms with Crippen molar-refractivity contribution in [2.75, 3.05) is 11.9 Å². The second kappa shape index (κ2) is 6.37. The average molecular weight is 316 g/mol. The summed E-state index contributed by atoms with van der Waals surface area (Å²) in [5, 5.41) is 12.3. The quantitative estimate of drug-likeness (QED) is 0.908. The van der Waals surface area contributed by atoms with Crippen molar-refractivity contribution in [3.63, 3.8) is 0 Å². The second-order valence-electron chi connectivity index (χ2n) is 4.20. The van der Waals surface area contributed by atoms with Crippen LogP contribution in [0.15, 0.2) is 53.0 Å². The van der Waals surface area contributed by atoms with Gasteiger partial charge in [-0.2, -0.15) is 5.26 Å². The SMILES string of the molecule is N#Cc1cc(Br)ccc1NCC(N)c1ccccc1. The first-order valence-electron chi connectivity index (χ1n) is 5.95. The minimum atomic E-state index is -0.101. The van der Waals surface area contributed by atoms with Crippen LogP contribution in [0.4, 0.5) is 5.69 Å². The Morgan fingerprint density at radius 2 is 1.95 bits per heavy atom. The van der Waals surface area contributed by atoms with Crippen LogP contribution in [0, 0.1) is 11.3 Å². The molecule has 2 rings (SSSR count). The van der Waals surface area contributed by atoms with E-state index in [4.69, 9.17) is 11.0 Å². The van der Waals surface area contributed by atoms with E-state index < -0.39 is 0 Å². The fraction of sp³-hybridized carbons (Fsp3) is 0.133. The highest BCUT2D eigenvalue weighted by atomic mass is 79.9. The van der Waals surface area contributed by atoms with Crippen molar-refractivity contribution >= 4 is 21.6 Å². The molecule has 0 aliphatic rings. The van der Waals surface area contributed by atoms with E-state index in [-0.39, 0.29) is 6.04 Å². The monoisotopic (exact) mass is 315 g/mol. The Kier molecular flexibility index (Phi) is 4.56. The fourth-order valence-corrected chi connectivity index (χ4v) is 2.16. The molecular formula is C15H14BrN3. The summed E-state index contributed by atoms with van der Waals surface area (Å²) in [4.78, 5) is 0. The van der Waals surface area contributed by atoms with Crippen molar-refractivity contribution in [3.05, 3.63) is 64.1 Å². The highest BCUT2D eigenvalue weighted by Gasteiger charge is 2.07. The lowest BCUT2D eigenvalue weighted by Crippen LogP contribution is -2.20. The van der Waals surface area contributed by atoms with Gasteiger partial charge in [0.2, 0.25) is 0 Å². The van der Waals surface area contributed by atoms with Gasteiger partial charge in [-0.25, -0.2) is 0 Å². The van der Waals surface area contributed by atoms with Crippen LogP contribution in [0.2, 0.25) is 0 Å². The fourth-order valence-electron chi connectivity index (χ4n) is 1.80. The van der Waals surface area contributed by atoms with E-state index in [0.717, 1.165) is 15.7 Å². The predicted molar refractivity (Wildman–Crippen MR) is 80.7 cm³/mol. The van der Waals surface area contributed by atoms with E-state index in [1.807, 2.05) is 42.5 Å². The lowest BCUT2D eigenvalue weighted by Gasteiger charge is -2.15. The summed E-state index contributed by atoms with van der Waals surface area (Å²) in [5.74, 6) is 0. The number of benzene rings is 2. The van der Waals surface area contributed by atoms with Crippen molar-refractivity contribution in [3.8, 4) is 6.07 Å². The molecule has 0 spiro atoms. The van der Waals surface area contributed by atoms with Crippen LogP contribution in [-0.2, 0) is 0 Å². The van der Waals surface area contributed by atoms with Crippen LogP contribution >= 0.6 is 15.9 Å². The Bertz CT molecular complexity index is 590. The largest absolute Gasteiger partial charge is 0.382 e. The molecule has 0 aliphatic heterocycles. The van der Waals surface area contributed by atoms with E-state index in [9.17, 15) is 0 Å². The predicted octanol–water partition coefficient (Wildman–Crippen LogP) is 3.43. The van der Waals surface area contributed by atoms with Crippen molar-refractivity contribution in [2.45, 2.75) is 6.04 Å². The average Bonchev–Trinajstić information content (AvgIpc) is 2.46. The van der Waals surface area contributed by atoms with Gasteiger partial charge in [0.25, 0.3) is 0 Å². The van der Waals surface area contributed by atoms with Crippen molar-refractivity contribution in [1.29, 1.82) is 5.26 Å². The summed E-state index contributed by atoms with van der Waals surface area (Å²) in [6.07, 6.45) is 0. The van der Waals surface area contributed by atoms with E-state index in [1.54, 1.807) is 6.07 Å². The van der Waals surface area contributed by atoms with Crippen LogP contribution in [0.3, 0.4) is 0 Å². The van der Waals surface area contributed by atoms with Crippen molar-refractivity contribution in [2.24, 2.45) is 5.73 Å². The zero-order chi connectivity index (χ0) is 13.7. The number of hydrogen-bond acceptors (Lipinski definition) is 3. The Balaban J connectivity index is 2.05. The summed E-state index contributed by atoms with van der Waals surface area (Å²) < 4.78 is 0.891. The number of anilines is 1. The van der Waals surface area contributed by atoms with Gasteiger partial charge in [-0.05, 0) is 23.8 Å². The molecule has 0 aliphatic carbocycles. The third-order valence-corrected chi connectivity index (χ3v) is 3.34. The molecule has 2 aromatic carbocycles. The van der Waals surface area contributed by atoms with Gasteiger partial charge in [0.1, 0.15) is 6.07 Å². The lowest BCUT2D eigenvalue weighted by molar-refractivity contribution is 0.764. The van der Waals surface area contributed by atoms with Gasteiger partial charge in [0.05, 0.1) is 11.3 Å². The Morgan fingerprint density at radius 1 is 1.21 bits per heavy atom.